The van der Waals surface area contributed by atoms with Crippen LogP contribution in [0.15, 0.2) is 12.3 Å². The van der Waals surface area contributed by atoms with Gasteiger partial charge in [0.15, 0.2) is 0 Å². The van der Waals surface area contributed by atoms with Crippen molar-refractivity contribution in [1.82, 2.24) is 9.97 Å². The predicted octanol–water partition coefficient (Wildman–Crippen LogP) is 1.96. The number of nitrogens with zero attached hydrogens (tertiary/aromatic N) is 2. The number of aromatic nitrogens is 2. The predicted molar refractivity (Wildman–Crippen MR) is 71.9 cm³/mol. The fraction of sp³-hybridized carbons (Fsp3) is 0.583. The second-order valence-corrected chi connectivity index (χ2v) is 5.41. The van der Waals surface area contributed by atoms with Gasteiger partial charge >= 0.3 is 5.97 Å². The molecule has 0 spiro atoms. The van der Waals surface area contributed by atoms with Gasteiger partial charge in [-0.2, -0.15) is 11.8 Å². The Kier molecular flexibility index (Phi) is 4.41. The summed E-state index contributed by atoms with van der Waals surface area (Å²) in [4.78, 5) is 19.4. The lowest BCUT2D eigenvalue weighted by molar-refractivity contribution is 0.0587. The van der Waals surface area contributed by atoms with Crippen LogP contribution in [0.25, 0.3) is 0 Å². The van der Waals surface area contributed by atoms with Crippen molar-refractivity contribution in [2.75, 3.05) is 18.7 Å². The summed E-state index contributed by atoms with van der Waals surface area (Å²) >= 11 is 1.91. The molecule has 0 radical (unpaired) electrons. The van der Waals surface area contributed by atoms with Crippen molar-refractivity contribution in [3.05, 3.63) is 18.1 Å². The summed E-state index contributed by atoms with van der Waals surface area (Å²) in [5.41, 5.74) is 0. The van der Waals surface area contributed by atoms with E-state index >= 15 is 0 Å². The molecule has 0 aromatic carbocycles. The second-order valence-electron chi connectivity index (χ2n) is 4.27. The van der Waals surface area contributed by atoms with Gasteiger partial charge in [0.25, 0.3) is 0 Å². The molecule has 0 aliphatic heterocycles. The van der Waals surface area contributed by atoms with Gasteiger partial charge in [-0.3, -0.25) is 0 Å². The fourth-order valence-electron chi connectivity index (χ4n) is 2.12. The minimum absolute atomic E-state index is 0.0990. The Hall–Kier alpha value is -1.30. The van der Waals surface area contributed by atoms with Crippen LogP contribution in [0.5, 0.6) is 0 Å². The largest absolute Gasteiger partial charge is 0.463 e. The number of rotatable bonds is 4. The molecule has 0 saturated heterocycles. The minimum atomic E-state index is -0.507. The standard InChI is InChI=1S/C12H17N3O2S/c1-17-12(16)11-13-6-5-10(15-11)14-8-3-4-9(7-8)18-2/h5-6,8-9H,3-4,7H2,1-2H3,(H,13,14,15). The van der Waals surface area contributed by atoms with E-state index in [1.54, 1.807) is 12.3 Å². The molecule has 1 saturated carbocycles. The molecule has 1 heterocycles. The maximum absolute atomic E-state index is 11.3. The van der Waals surface area contributed by atoms with E-state index in [9.17, 15) is 4.79 Å². The topological polar surface area (TPSA) is 64.1 Å². The summed E-state index contributed by atoms with van der Waals surface area (Å²) in [5, 5.41) is 4.08. The van der Waals surface area contributed by atoms with Gasteiger partial charge in [-0.1, -0.05) is 0 Å². The van der Waals surface area contributed by atoms with Crippen molar-refractivity contribution in [1.29, 1.82) is 0 Å². The molecule has 18 heavy (non-hydrogen) atoms. The van der Waals surface area contributed by atoms with Gasteiger partial charge in [0, 0.05) is 17.5 Å². The summed E-state index contributed by atoms with van der Waals surface area (Å²) in [6.07, 6.45) is 7.23. The van der Waals surface area contributed by atoms with E-state index < -0.39 is 5.97 Å². The van der Waals surface area contributed by atoms with Crippen LogP contribution in [0, 0.1) is 0 Å². The first-order valence-corrected chi connectivity index (χ1v) is 7.22. The van der Waals surface area contributed by atoms with E-state index in [-0.39, 0.29) is 5.82 Å². The highest BCUT2D eigenvalue weighted by molar-refractivity contribution is 7.99. The van der Waals surface area contributed by atoms with E-state index in [0.717, 1.165) is 18.1 Å². The van der Waals surface area contributed by atoms with E-state index in [4.69, 9.17) is 0 Å². The molecule has 98 valence electrons. The summed E-state index contributed by atoms with van der Waals surface area (Å²) in [7, 11) is 1.33. The first-order valence-electron chi connectivity index (χ1n) is 5.93. The van der Waals surface area contributed by atoms with Crippen molar-refractivity contribution >= 4 is 23.5 Å². The highest BCUT2D eigenvalue weighted by Crippen LogP contribution is 2.29. The van der Waals surface area contributed by atoms with Crippen molar-refractivity contribution < 1.29 is 9.53 Å². The fourth-order valence-corrected chi connectivity index (χ4v) is 2.92. The second kappa shape index (κ2) is 6.04. The van der Waals surface area contributed by atoms with E-state index in [0.29, 0.717) is 11.9 Å². The number of hydrogen-bond donors (Lipinski definition) is 1. The number of thioether (sulfide) groups is 1. The van der Waals surface area contributed by atoms with Gasteiger partial charge in [0.1, 0.15) is 5.82 Å². The number of carbonyl (C=O) groups is 1. The van der Waals surface area contributed by atoms with Crippen molar-refractivity contribution in [2.45, 2.75) is 30.6 Å². The SMILES string of the molecule is COC(=O)c1nccc(NC2CCC(SC)C2)n1. The highest BCUT2D eigenvalue weighted by atomic mass is 32.2. The lowest BCUT2D eigenvalue weighted by Gasteiger charge is -2.13. The molecule has 1 aromatic rings. The first kappa shape index (κ1) is 13.1. The van der Waals surface area contributed by atoms with E-state index in [2.05, 4.69) is 26.3 Å². The third-order valence-electron chi connectivity index (χ3n) is 3.09. The molecule has 6 heteroatoms. The number of esters is 1. The smallest absolute Gasteiger partial charge is 0.376 e. The first-order chi connectivity index (χ1) is 8.72. The summed E-state index contributed by atoms with van der Waals surface area (Å²) in [6, 6.07) is 2.21. The Balaban J connectivity index is 1.99. The van der Waals surface area contributed by atoms with Crippen molar-refractivity contribution in [3.8, 4) is 0 Å². The summed E-state index contributed by atoms with van der Waals surface area (Å²) < 4.78 is 4.60. The van der Waals surface area contributed by atoms with Gasteiger partial charge in [0.2, 0.25) is 5.82 Å². The number of hydrogen-bond acceptors (Lipinski definition) is 6. The molecular weight excluding hydrogens is 250 g/mol. The lowest BCUT2D eigenvalue weighted by Crippen LogP contribution is -2.18. The van der Waals surface area contributed by atoms with Crippen molar-refractivity contribution in [2.24, 2.45) is 0 Å². The third-order valence-corrected chi connectivity index (χ3v) is 4.19. The molecular formula is C12H17N3O2S. The van der Waals surface area contributed by atoms with Gasteiger partial charge < -0.3 is 10.1 Å². The quantitative estimate of drug-likeness (QED) is 0.841. The summed E-state index contributed by atoms with van der Waals surface area (Å²) in [6.45, 7) is 0. The zero-order valence-electron chi connectivity index (χ0n) is 10.5. The van der Waals surface area contributed by atoms with Gasteiger partial charge in [-0.25, -0.2) is 14.8 Å². The van der Waals surface area contributed by atoms with Crippen LogP contribution >= 0.6 is 11.8 Å². The third kappa shape index (κ3) is 3.13. The monoisotopic (exact) mass is 267 g/mol. The zero-order valence-corrected chi connectivity index (χ0v) is 11.4. The molecule has 2 unspecified atom stereocenters. The summed E-state index contributed by atoms with van der Waals surface area (Å²) in [5.74, 6) is 0.283. The van der Waals surface area contributed by atoms with E-state index in [1.807, 2.05) is 11.8 Å². The Morgan fingerprint density at radius 1 is 1.56 bits per heavy atom. The van der Waals surface area contributed by atoms with Crippen LogP contribution in [0.4, 0.5) is 5.82 Å². The molecule has 0 bridgehead atoms. The van der Waals surface area contributed by atoms with Gasteiger partial charge in [0.05, 0.1) is 7.11 Å². The molecule has 5 nitrogen and oxygen atoms in total. The molecule has 2 rings (SSSR count). The molecule has 1 N–H and O–H groups in total. The zero-order chi connectivity index (χ0) is 13.0. The van der Waals surface area contributed by atoms with Crippen LogP contribution in [-0.4, -0.2) is 40.6 Å². The highest BCUT2D eigenvalue weighted by Gasteiger charge is 2.24. The van der Waals surface area contributed by atoms with Gasteiger partial charge in [-0.15, -0.1) is 0 Å². The van der Waals surface area contributed by atoms with Crippen LogP contribution in [-0.2, 0) is 4.74 Å². The maximum Gasteiger partial charge on any atom is 0.376 e. The van der Waals surface area contributed by atoms with Crippen LogP contribution in [0.3, 0.4) is 0 Å². The van der Waals surface area contributed by atoms with Crippen LogP contribution < -0.4 is 5.32 Å². The molecule has 2 atom stereocenters. The van der Waals surface area contributed by atoms with E-state index in [1.165, 1.54) is 13.5 Å². The van der Waals surface area contributed by atoms with Crippen molar-refractivity contribution in [3.63, 3.8) is 0 Å². The lowest BCUT2D eigenvalue weighted by atomic mass is 10.2. The number of methoxy groups -OCH3 is 1. The van der Waals surface area contributed by atoms with Crippen LogP contribution in [0.2, 0.25) is 0 Å². The molecule has 1 aliphatic carbocycles. The molecule has 1 fully saturated rings. The van der Waals surface area contributed by atoms with Gasteiger partial charge in [-0.05, 0) is 31.6 Å². The maximum atomic E-state index is 11.3. The number of carbonyl (C=O) groups excluding carboxylic acids is 1. The average Bonchev–Trinajstić information content (AvgIpc) is 2.86. The normalized spacial score (nSPS) is 22.8. The number of ether oxygens (including phenoxy) is 1. The van der Waals surface area contributed by atoms with Crippen LogP contribution in [0.1, 0.15) is 29.9 Å². The Labute approximate surface area is 111 Å². The molecule has 1 aliphatic rings. The Bertz CT molecular complexity index is 428. The Morgan fingerprint density at radius 2 is 2.39 bits per heavy atom. The number of nitrogens with one attached hydrogen (secondary N) is 1. The molecule has 0 amide bonds. The average molecular weight is 267 g/mol. The Morgan fingerprint density at radius 3 is 3.06 bits per heavy atom. The number of anilines is 1. The minimum Gasteiger partial charge on any atom is -0.463 e. The molecule has 1 aromatic heterocycles.